The van der Waals surface area contributed by atoms with Crippen molar-refractivity contribution in [2.75, 3.05) is 14.2 Å². The second-order valence-electron chi connectivity index (χ2n) is 8.41. The van der Waals surface area contributed by atoms with Gasteiger partial charge in [-0.25, -0.2) is 23.4 Å². The number of pyridine rings is 1. The van der Waals surface area contributed by atoms with Gasteiger partial charge >= 0.3 is 0 Å². The predicted molar refractivity (Wildman–Crippen MR) is 134 cm³/mol. The standard InChI is InChI=1S/C25H28N6O4S/c1-16-13-26-24(27-14-16)23(35-5)18(3)36(32,33)15-21-29-30-25(19-10-8-12-22(28-19)34-4)31(21)20-11-7-6-9-17(20)2/h6-14,18,23H,15H2,1-5H3/t18-,23-/m0/s1. The van der Waals surface area contributed by atoms with Crippen LogP contribution in [0.3, 0.4) is 0 Å². The van der Waals surface area contributed by atoms with E-state index in [4.69, 9.17) is 9.47 Å². The van der Waals surface area contributed by atoms with Gasteiger partial charge in [0.1, 0.15) is 17.6 Å². The van der Waals surface area contributed by atoms with Crippen molar-refractivity contribution >= 4 is 9.84 Å². The van der Waals surface area contributed by atoms with Gasteiger partial charge in [-0.05, 0) is 44.0 Å². The molecule has 4 aromatic rings. The van der Waals surface area contributed by atoms with Gasteiger partial charge in [0.25, 0.3) is 0 Å². The monoisotopic (exact) mass is 508 g/mol. The van der Waals surface area contributed by atoms with Gasteiger partial charge in [0.15, 0.2) is 27.3 Å². The number of hydrogen-bond donors (Lipinski definition) is 0. The van der Waals surface area contributed by atoms with Crippen LogP contribution >= 0.6 is 0 Å². The third-order valence-electron chi connectivity index (χ3n) is 5.88. The number of aryl methyl sites for hydroxylation is 2. The molecule has 3 aromatic heterocycles. The number of rotatable bonds is 9. The molecule has 0 N–H and O–H groups in total. The average molecular weight is 509 g/mol. The van der Waals surface area contributed by atoms with E-state index in [1.165, 1.54) is 14.2 Å². The lowest BCUT2D eigenvalue weighted by Gasteiger charge is -2.22. The van der Waals surface area contributed by atoms with E-state index in [1.807, 2.05) is 38.1 Å². The van der Waals surface area contributed by atoms with Gasteiger partial charge in [0.05, 0.1) is 18.0 Å². The average Bonchev–Trinajstić information content (AvgIpc) is 3.28. The van der Waals surface area contributed by atoms with Crippen LogP contribution in [0.1, 0.15) is 35.8 Å². The van der Waals surface area contributed by atoms with Crippen molar-refractivity contribution < 1.29 is 17.9 Å². The molecule has 0 bridgehead atoms. The number of benzene rings is 1. The largest absolute Gasteiger partial charge is 0.481 e. The third kappa shape index (κ3) is 5.12. The van der Waals surface area contributed by atoms with Crippen LogP contribution in [0, 0.1) is 13.8 Å². The third-order valence-corrected chi connectivity index (χ3v) is 7.92. The van der Waals surface area contributed by atoms with E-state index < -0.39 is 21.2 Å². The second-order valence-corrected chi connectivity index (χ2v) is 10.8. The smallest absolute Gasteiger partial charge is 0.213 e. The van der Waals surface area contributed by atoms with Crippen LogP contribution in [0.25, 0.3) is 17.2 Å². The molecule has 0 fully saturated rings. The van der Waals surface area contributed by atoms with Gasteiger partial charge < -0.3 is 9.47 Å². The highest BCUT2D eigenvalue weighted by Crippen LogP contribution is 2.29. The molecule has 0 saturated carbocycles. The van der Waals surface area contributed by atoms with Crippen molar-refractivity contribution in [3.8, 4) is 23.1 Å². The van der Waals surface area contributed by atoms with Crippen molar-refractivity contribution in [2.45, 2.75) is 37.9 Å². The zero-order chi connectivity index (χ0) is 25.9. The Morgan fingerprint density at radius 3 is 2.36 bits per heavy atom. The van der Waals surface area contributed by atoms with Crippen molar-refractivity contribution in [3.05, 3.63) is 77.6 Å². The van der Waals surface area contributed by atoms with Gasteiger partial charge in [-0.2, -0.15) is 0 Å². The lowest BCUT2D eigenvalue weighted by atomic mass is 10.2. The molecule has 4 rings (SSSR count). The molecule has 36 heavy (non-hydrogen) atoms. The maximum Gasteiger partial charge on any atom is 0.213 e. The van der Waals surface area contributed by atoms with Gasteiger partial charge in [0.2, 0.25) is 5.88 Å². The summed E-state index contributed by atoms with van der Waals surface area (Å²) in [5, 5.41) is 7.67. The number of hydrogen-bond acceptors (Lipinski definition) is 9. The zero-order valence-corrected chi connectivity index (χ0v) is 21.6. The molecular weight excluding hydrogens is 480 g/mol. The number of nitrogens with zero attached hydrogens (tertiary/aromatic N) is 6. The van der Waals surface area contributed by atoms with Crippen LogP contribution in [0.5, 0.6) is 5.88 Å². The molecule has 188 valence electrons. The van der Waals surface area contributed by atoms with E-state index in [2.05, 4.69) is 25.1 Å². The Labute approximate surface area is 210 Å². The minimum absolute atomic E-state index is 0.260. The molecule has 3 heterocycles. The van der Waals surface area contributed by atoms with E-state index in [1.54, 1.807) is 42.1 Å². The van der Waals surface area contributed by atoms with Crippen molar-refractivity contribution in [3.63, 3.8) is 0 Å². The highest BCUT2D eigenvalue weighted by molar-refractivity contribution is 7.91. The maximum absolute atomic E-state index is 13.6. The molecule has 1 aromatic carbocycles. The van der Waals surface area contributed by atoms with E-state index in [-0.39, 0.29) is 11.6 Å². The summed E-state index contributed by atoms with van der Waals surface area (Å²) >= 11 is 0. The van der Waals surface area contributed by atoms with E-state index >= 15 is 0 Å². The predicted octanol–water partition coefficient (Wildman–Crippen LogP) is 3.44. The summed E-state index contributed by atoms with van der Waals surface area (Å²) in [5.74, 6) is 1.02. The molecule has 0 unspecified atom stereocenters. The topological polar surface area (TPSA) is 122 Å². The normalized spacial score (nSPS) is 13.4. The van der Waals surface area contributed by atoms with E-state index in [0.29, 0.717) is 23.2 Å². The van der Waals surface area contributed by atoms with Crippen LogP contribution < -0.4 is 4.74 Å². The minimum atomic E-state index is -3.78. The molecule has 0 aliphatic heterocycles. The highest BCUT2D eigenvalue weighted by Gasteiger charge is 2.34. The van der Waals surface area contributed by atoms with Crippen LogP contribution in [0.2, 0.25) is 0 Å². The fraction of sp³-hybridized carbons (Fsp3) is 0.320. The number of para-hydroxylation sites is 1. The molecule has 0 spiro atoms. The van der Waals surface area contributed by atoms with Crippen molar-refractivity contribution in [1.82, 2.24) is 29.7 Å². The van der Waals surface area contributed by atoms with Crippen molar-refractivity contribution in [2.24, 2.45) is 0 Å². The first-order valence-corrected chi connectivity index (χ1v) is 13.0. The van der Waals surface area contributed by atoms with Crippen LogP contribution in [0.4, 0.5) is 0 Å². The summed E-state index contributed by atoms with van der Waals surface area (Å²) in [6.07, 6.45) is 2.43. The Balaban J connectivity index is 1.77. The van der Waals surface area contributed by atoms with Crippen LogP contribution in [-0.2, 0) is 20.3 Å². The lowest BCUT2D eigenvalue weighted by molar-refractivity contribution is 0.0947. The molecule has 0 aliphatic rings. The first-order chi connectivity index (χ1) is 17.2. The summed E-state index contributed by atoms with van der Waals surface area (Å²) < 4.78 is 39.7. The number of aromatic nitrogens is 6. The first-order valence-electron chi connectivity index (χ1n) is 11.3. The SMILES string of the molecule is COc1cccc(-c2nnc(CS(=O)(=O)[C@@H](C)[C@H](OC)c3ncc(C)cn3)n2-c2ccccc2C)n1. The Hall–Kier alpha value is -3.70. The maximum atomic E-state index is 13.6. The molecule has 0 amide bonds. The molecule has 0 aliphatic carbocycles. The molecule has 2 atom stereocenters. The minimum Gasteiger partial charge on any atom is -0.481 e. The number of methoxy groups -OCH3 is 2. The van der Waals surface area contributed by atoms with E-state index in [9.17, 15) is 8.42 Å². The second kappa shape index (κ2) is 10.5. The van der Waals surface area contributed by atoms with Gasteiger partial charge in [0, 0.05) is 25.6 Å². The summed E-state index contributed by atoms with van der Waals surface area (Å²) in [6, 6.07) is 12.9. The Morgan fingerprint density at radius 2 is 1.69 bits per heavy atom. The van der Waals surface area contributed by atoms with Crippen LogP contribution in [0.15, 0.2) is 54.9 Å². The molecule has 10 nitrogen and oxygen atoms in total. The summed E-state index contributed by atoms with van der Waals surface area (Å²) in [6.45, 7) is 5.39. The van der Waals surface area contributed by atoms with Crippen LogP contribution in [-0.4, -0.2) is 57.6 Å². The zero-order valence-electron chi connectivity index (χ0n) is 20.8. The molecular formula is C25H28N6O4S. The summed E-state index contributed by atoms with van der Waals surface area (Å²) in [5.41, 5.74) is 3.06. The Kier molecular flexibility index (Phi) is 7.41. The summed E-state index contributed by atoms with van der Waals surface area (Å²) in [4.78, 5) is 13.0. The molecule has 11 heteroatoms. The van der Waals surface area contributed by atoms with Gasteiger partial charge in [-0.15, -0.1) is 10.2 Å². The highest BCUT2D eigenvalue weighted by atomic mass is 32.2. The first kappa shape index (κ1) is 25.4. The Morgan fingerprint density at radius 1 is 0.972 bits per heavy atom. The fourth-order valence-electron chi connectivity index (χ4n) is 3.85. The molecule has 0 saturated heterocycles. The lowest BCUT2D eigenvalue weighted by Crippen LogP contribution is -2.30. The van der Waals surface area contributed by atoms with Crippen molar-refractivity contribution in [1.29, 1.82) is 0 Å². The van der Waals surface area contributed by atoms with Gasteiger partial charge in [-0.3, -0.25) is 4.57 Å². The van der Waals surface area contributed by atoms with E-state index in [0.717, 1.165) is 16.8 Å². The molecule has 0 radical (unpaired) electrons. The Bertz CT molecular complexity index is 1450. The number of ether oxygens (including phenoxy) is 2. The number of sulfone groups is 1. The quantitative estimate of drug-likeness (QED) is 0.334. The van der Waals surface area contributed by atoms with Gasteiger partial charge in [-0.1, -0.05) is 24.3 Å². The summed E-state index contributed by atoms with van der Waals surface area (Å²) in [7, 11) is -0.805. The fourth-order valence-corrected chi connectivity index (χ4v) is 5.27.